The first-order valence-corrected chi connectivity index (χ1v) is 13.7. The van der Waals surface area contributed by atoms with Gasteiger partial charge in [0, 0.05) is 30.5 Å². The van der Waals surface area contributed by atoms with E-state index >= 15 is 0 Å². The second-order valence-corrected chi connectivity index (χ2v) is 11.5. The van der Waals surface area contributed by atoms with Gasteiger partial charge in [0.25, 0.3) is 0 Å². The minimum atomic E-state index is -0.665. The van der Waals surface area contributed by atoms with Crippen molar-refractivity contribution < 1.29 is 23.8 Å². The molecule has 3 atom stereocenters. The number of carbonyl (C=O) groups excluding carboxylic acids is 2. The Morgan fingerprint density at radius 2 is 1.95 bits per heavy atom. The predicted molar refractivity (Wildman–Crippen MR) is 147 cm³/mol. The number of ether oxygens (including phenoxy) is 3. The number of pyridine rings is 3. The third-order valence-electron chi connectivity index (χ3n) is 7.98. The highest BCUT2D eigenvalue weighted by molar-refractivity contribution is 5.93. The van der Waals surface area contributed by atoms with Crippen molar-refractivity contribution in [3.63, 3.8) is 0 Å². The molecule has 3 aliphatic heterocycles. The number of rotatable bonds is 6. The monoisotopic (exact) mass is 546 g/mol. The van der Waals surface area contributed by atoms with Crippen LogP contribution in [0.2, 0.25) is 0 Å². The summed E-state index contributed by atoms with van der Waals surface area (Å²) in [5.41, 5.74) is 7.87. The summed E-state index contributed by atoms with van der Waals surface area (Å²) in [6, 6.07) is 5.38. The zero-order chi connectivity index (χ0) is 28.2. The summed E-state index contributed by atoms with van der Waals surface area (Å²) in [5, 5.41) is 4.86. The van der Waals surface area contributed by atoms with Crippen molar-refractivity contribution in [2.24, 2.45) is 11.7 Å². The molecule has 2 saturated heterocycles. The van der Waals surface area contributed by atoms with Crippen LogP contribution in [0.1, 0.15) is 61.6 Å². The van der Waals surface area contributed by atoms with Gasteiger partial charge >= 0.3 is 5.97 Å². The number of nitrogens with zero attached hydrogens (tertiary/aromatic N) is 4. The van der Waals surface area contributed by atoms with Gasteiger partial charge in [-0.1, -0.05) is 6.92 Å². The van der Waals surface area contributed by atoms with Crippen molar-refractivity contribution in [3.05, 3.63) is 47.4 Å². The number of hydrogen-bond donors (Lipinski definition) is 2. The molecule has 0 aliphatic carbocycles. The molecule has 6 rings (SSSR count). The summed E-state index contributed by atoms with van der Waals surface area (Å²) in [5.74, 6) is 1.29. The van der Waals surface area contributed by atoms with Gasteiger partial charge in [0.2, 0.25) is 11.8 Å². The first kappa shape index (κ1) is 26.4. The van der Waals surface area contributed by atoms with E-state index < -0.39 is 5.54 Å². The van der Waals surface area contributed by atoms with Crippen molar-refractivity contribution in [1.29, 1.82) is 0 Å². The van der Waals surface area contributed by atoms with E-state index in [-0.39, 0.29) is 35.9 Å². The van der Waals surface area contributed by atoms with Gasteiger partial charge in [-0.3, -0.25) is 4.79 Å². The minimum absolute atomic E-state index is 0.0290. The molecule has 11 heteroatoms. The zero-order valence-corrected chi connectivity index (χ0v) is 23.1. The largest absolute Gasteiger partial charge is 0.470 e. The minimum Gasteiger partial charge on any atom is -0.470 e. The lowest BCUT2D eigenvalue weighted by Gasteiger charge is -2.40. The van der Waals surface area contributed by atoms with Crippen LogP contribution < -0.4 is 15.8 Å². The van der Waals surface area contributed by atoms with Gasteiger partial charge < -0.3 is 30.2 Å². The van der Waals surface area contributed by atoms with Gasteiger partial charge in [0.15, 0.2) is 0 Å². The summed E-state index contributed by atoms with van der Waals surface area (Å²) in [6.45, 7) is 9.88. The van der Waals surface area contributed by atoms with Gasteiger partial charge in [0.1, 0.15) is 23.8 Å². The number of carbonyl (C=O) groups is 2. The lowest BCUT2D eigenvalue weighted by atomic mass is 9.93. The van der Waals surface area contributed by atoms with Crippen LogP contribution in [-0.4, -0.2) is 70.2 Å². The highest BCUT2D eigenvalue weighted by atomic mass is 16.5. The van der Waals surface area contributed by atoms with Crippen LogP contribution in [0.3, 0.4) is 0 Å². The molecule has 2 fully saturated rings. The number of anilines is 2. The molecular weight excluding hydrogens is 512 g/mol. The van der Waals surface area contributed by atoms with Crippen molar-refractivity contribution in [2.45, 2.75) is 57.8 Å². The molecule has 3 aromatic heterocycles. The molecule has 0 spiro atoms. The van der Waals surface area contributed by atoms with Crippen LogP contribution in [0, 0.1) is 5.92 Å². The van der Waals surface area contributed by atoms with Crippen LogP contribution in [0.25, 0.3) is 10.8 Å². The lowest BCUT2D eigenvalue weighted by Crippen LogP contribution is -2.57. The summed E-state index contributed by atoms with van der Waals surface area (Å²) in [7, 11) is 0. The van der Waals surface area contributed by atoms with Crippen LogP contribution >= 0.6 is 0 Å². The molecular formula is C29H34N6O5. The molecule has 1 amide bonds. The number of cyclic esters (lactones) is 1. The number of nitrogens with two attached hydrogens (primary N) is 1. The van der Waals surface area contributed by atoms with Crippen LogP contribution in [-0.2, 0) is 19.8 Å². The second-order valence-electron chi connectivity index (χ2n) is 11.5. The second kappa shape index (κ2) is 9.97. The van der Waals surface area contributed by atoms with E-state index in [0.717, 1.165) is 22.8 Å². The summed E-state index contributed by atoms with van der Waals surface area (Å²) >= 11 is 0. The highest BCUT2D eigenvalue weighted by Crippen LogP contribution is 2.35. The molecule has 0 saturated carbocycles. The Labute approximate surface area is 232 Å². The number of hydrogen-bond acceptors (Lipinski definition) is 10. The van der Waals surface area contributed by atoms with E-state index in [4.69, 9.17) is 24.9 Å². The number of fused-ring (bicyclic) bond motifs is 2. The molecule has 0 aromatic carbocycles. The van der Waals surface area contributed by atoms with Gasteiger partial charge in [-0.15, -0.1) is 0 Å². The molecule has 210 valence electrons. The van der Waals surface area contributed by atoms with Crippen LogP contribution in [0.15, 0.2) is 30.6 Å². The van der Waals surface area contributed by atoms with Crippen LogP contribution in [0.5, 0.6) is 5.88 Å². The van der Waals surface area contributed by atoms with Gasteiger partial charge in [0.05, 0.1) is 42.3 Å². The first-order valence-electron chi connectivity index (χ1n) is 13.7. The van der Waals surface area contributed by atoms with E-state index in [1.807, 2.05) is 38.7 Å². The Balaban J connectivity index is 1.25. The molecule has 40 heavy (non-hydrogen) atoms. The maximum absolute atomic E-state index is 12.6. The summed E-state index contributed by atoms with van der Waals surface area (Å²) in [4.78, 5) is 40.6. The number of likely N-dealkylation sites (tertiary alicyclic amines) is 1. The third kappa shape index (κ3) is 4.84. The van der Waals surface area contributed by atoms with E-state index in [9.17, 15) is 9.59 Å². The standard InChI is InChI=1S/C29H34N6O5/c1-15-16(2)39-28(37)19-5-6-23(34-25(15)19)33-24-9-20-21(10-31-24)26(32-11-22(20)29(3,4)30)40-18-12-35(13-18)27(36)17-7-8-38-14-17/h5-6,9-11,15-18H,7-8,12-14,30H2,1-4H3,(H,31,33,34)/t15-,16-,17+/m0/s1. The molecule has 0 bridgehead atoms. The topological polar surface area (TPSA) is 142 Å². The Hall–Kier alpha value is -3.83. The van der Waals surface area contributed by atoms with Gasteiger partial charge in [-0.2, -0.15) is 0 Å². The van der Waals surface area contributed by atoms with Crippen LogP contribution in [0.4, 0.5) is 11.6 Å². The van der Waals surface area contributed by atoms with Gasteiger partial charge in [-0.25, -0.2) is 19.7 Å². The maximum atomic E-state index is 12.6. The van der Waals surface area contributed by atoms with E-state index in [1.54, 1.807) is 24.5 Å². The Bertz CT molecular complexity index is 1480. The lowest BCUT2D eigenvalue weighted by molar-refractivity contribution is -0.144. The van der Waals surface area contributed by atoms with Crippen molar-refractivity contribution >= 4 is 34.3 Å². The van der Waals surface area contributed by atoms with Crippen molar-refractivity contribution in [3.8, 4) is 5.88 Å². The normalized spacial score (nSPS) is 23.0. The molecule has 0 unspecified atom stereocenters. The molecule has 3 N–H and O–H groups in total. The average Bonchev–Trinajstić information content (AvgIpc) is 3.43. The fraction of sp³-hybridized carbons (Fsp3) is 0.483. The van der Waals surface area contributed by atoms with Crippen molar-refractivity contribution in [1.82, 2.24) is 19.9 Å². The zero-order valence-electron chi connectivity index (χ0n) is 23.1. The Morgan fingerprint density at radius 3 is 2.67 bits per heavy atom. The predicted octanol–water partition coefficient (Wildman–Crippen LogP) is 3.25. The third-order valence-corrected chi connectivity index (χ3v) is 7.98. The SMILES string of the molecule is C[C@@H]1OC(=O)c2ccc(Nc3cc4c(C(C)(C)N)cnc(OC5CN(C(=O)[C@@H]6CCOC6)C5)c4cn3)nc2[C@H]1C. The first-order chi connectivity index (χ1) is 19.1. The van der Waals surface area contributed by atoms with E-state index in [2.05, 4.69) is 15.3 Å². The van der Waals surface area contributed by atoms with E-state index in [0.29, 0.717) is 55.1 Å². The molecule has 3 aromatic rings. The molecule has 6 heterocycles. The number of amides is 1. The maximum Gasteiger partial charge on any atom is 0.340 e. The number of nitrogens with one attached hydrogen (secondary N) is 1. The van der Waals surface area contributed by atoms with Crippen molar-refractivity contribution in [2.75, 3.05) is 31.6 Å². The summed E-state index contributed by atoms with van der Waals surface area (Å²) < 4.78 is 17.0. The number of esters is 1. The smallest absolute Gasteiger partial charge is 0.340 e. The molecule has 3 aliphatic rings. The fourth-order valence-corrected chi connectivity index (χ4v) is 5.38. The quantitative estimate of drug-likeness (QED) is 0.443. The Morgan fingerprint density at radius 1 is 1.15 bits per heavy atom. The molecule has 0 radical (unpaired) electrons. The van der Waals surface area contributed by atoms with Gasteiger partial charge in [-0.05, 0) is 56.3 Å². The highest BCUT2D eigenvalue weighted by Gasteiger charge is 2.38. The Kier molecular flexibility index (Phi) is 6.58. The summed E-state index contributed by atoms with van der Waals surface area (Å²) in [6.07, 6.45) is 3.83. The average molecular weight is 547 g/mol. The molecule has 11 nitrogen and oxygen atoms in total. The number of aromatic nitrogens is 3. The fourth-order valence-electron chi connectivity index (χ4n) is 5.38. The van der Waals surface area contributed by atoms with E-state index in [1.165, 1.54) is 0 Å².